The van der Waals surface area contributed by atoms with Crippen molar-refractivity contribution in [2.75, 3.05) is 13.6 Å². The summed E-state index contributed by atoms with van der Waals surface area (Å²) in [6.45, 7) is 3.76. The first-order valence-electron chi connectivity index (χ1n) is 6.62. The van der Waals surface area contributed by atoms with Gasteiger partial charge in [-0.3, -0.25) is 4.90 Å². The van der Waals surface area contributed by atoms with E-state index in [0.717, 1.165) is 36.9 Å². The zero-order valence-electron chi connectivity index (χ0n) is 11.3. The van der Waals surface area contributed by atoms with E-state index in [-0.39, 0.29) is 0 Å². The van der Waals surface area contributed by atoms with E-state index in [9.17, 15) is 0 Å². The highest BCUT2D eigenvalue weighted by molar-refractivity contribution is 7.09. The van der Waals surface area contributed by atoms with Crippen LogP contribution in [-0.4, -0.2) is 33.6 Å². The molecule has 0 aromatic carbocycles. The quantitative estimate of drug-likeness (QED) is 0.812. The van der Waals surface area contributed by atoms with E-state index in [1.807, 2.05) is 5.51 Å². The van der Waals surface area contributed by atoms with Gasteiger partial charge in [0.1, 0.15) is 0 Å². The van der Waals surface area contributed by atoms with Gasteiger partial charge in [-0.2, -0.15) is 4.98 Å². The predicted octanol–water partition coefficient (Wildman–Crippen LogP) is 2.39. The molecular formula is C13H18N4OS. The first-order valence-corrected chi connectivity index (χ1v) is 7.50. The molecule has 0 bridgehead atoms. The van der Waals surface area contributed by atoms with Gasteiger partial charge in [0.15, 0.2) is 5.82 Å². The molecule has 3 rings (SSSR count). The fraction of sp³-hybridized carbons (Fsp3) is 0.615. The summed E-state index contributed by atoms with van der Waals surface area (Å²) in [6, 6.07) is 0. The zero-order chi connectivity index (χ0) is 13.2. The van der Waals surface area contributed by atoms with Gasteiger partial charge in [-0.25, -0.2) is 4.98 Å². The maximum atomic E-state index is 5.28. The van der Waals surface area contributed by atoms with Gasteiger partial charge in [-0.1, -0.05) is 5.16 Å². The highest BCUT2D eigenvalue weighted by Gasteiger charge is 2.28. The first-order chi connectivity index (χ1) is 9.22. The molecule has 0 unspecified atom stereocenters. The molecule has 102 valence electrons. The van der Waals surface area contributed by atoms with Crippen molar-refractivity contribution in [3.8, 4) is 0 Å². The fourth-order valence-electron chi connectivity index (χ4n) is 2.01. The molecule has 5 nitrogen and oxygen atoms in total. The molecule has 0 aliphatic heterocycles. The van der Waals surface area contributed by atoms with Crippen molar-refractivity contribution in [1.29, 1.82) is 0 Å². The normalized spacial score (nSPS) is 15.3. The van der Waals surface area contributed by atoms with Crippen LogP contribution in [0.4, 0.5) is 0 Å². The van der Waals surface area contributed by atoms with Crippen molar-refractivity contribution in [2.45, 2.75) is 38.6 Å². The Hall–Kier alpha value is -1.27. The summed E-state index contributed by atoms with van der Waals surface area (Å²) < 4.78 is 5.28. The third-order valence-electron chi connectivity index (χ3n) is 3.40. The van der Waals surface area contributed by atoms with E-state index in [1.54, 1.807) is 11.3 Å². The molecule has 0 atom stereocenters. The standard InChI is InChI=1S/C13H18N4OS/c1-9-11(19-8-14-9)5-6-17(2)7-12-15-13(16-18-12)10-3-4-10/h8,10H,3-7H2,1-2H3. The van der Waals surface area contributed by atoms with Crippen LogP contribution in [0.25, 0.3) is 0 Å². The first kappa shape index (κ1) is 12.7. The number of hydrogen-bond donors (Lipinski definition) is 0. The molecule has 1 fully saturated rings. The minimum atomic E-state index is 0.558. The lowest BCUT2D eigenvalue weighted by atomic mass is 10.3. The average Bonchev–Trinajstić information content (AvgIpc) is 3.01. The number of hydrogen-bond acceptors (Lipinski definition) is 6. The summed E-state index contributed by atoms with van der Waals surface area (Å²) in [5.74, 6) is 2.18. The Morgan fingerprint density at radius 3 is 3.00 bits per heavy atom. The van der Waals surface area contributed by atoms with Crippen LogP contribution < -0.4 is 0 Å². The molecular weight excluding hydrogens is 260 g/mol. The molecule has 2 aromatic rings. The Kier molecular flexibility index (Phi) is 3.61. The molecule has 6 heteroatoms. The van der Waals surface area contributed by atoms with Crippen molar-refractivity contribution in [1.82, 2.24) is 20.0 Å². The van der Waals surface area contributed by atoms with Crippen LogP contribution in [0.5, 0.6) is 0 Å². The van der Waals surface area contributed by atoms with Crippen molar-refractivity contribution < 1.29 is 4.52 Å². The molecule has 1 aliphatic rings. The van der Waals surface area contributed by atoms with Crippen LogP contribution in [0.2, 0.25) is 0 Å². The largest absolute Gasteiger partial charge is 0.338 e. The van der Waals surface area contributed by atoms with Gasteiger partial charge in [0, 0.05) is 17.3 Å². The molecule has 0 N–H and O–H groups in total. The summed E-state index contributed by atoms with van der Waals surface area (Å²) in [5.41, 5.74) is 3.05. The van der Waals surface area contributed by atoms with Crippen LogP contribution in [-0.2, 0) is 13.0 Å². The van der Waals surface area contributed by atoms with Crippen LogP contribution in [0.15, 0.2) is 10.0 Å². The smallest absolute Gasteiger partial charge is 0.240 e. The van der Waals surface area contributed by atoms with Gasteiger partial charge < -0.3 is 4.52 Å². The Balaban J connectivity index is 1.50. The molecule has 2 heterocycles. The average molecular weight is 278 g/mol. The SMILES string of the molecule is Cc1ncsc1CCN(C)Cc1nc(C2CC2)no1. The number of aromatic nitrogens is 3. The third-order valence-corrected chi connectivity index (χ3v) is 4.39. The Labute approximate surface area is 116 Å². The number of likely N-dealkylation sites (N-methyl/N-ethyl adjacent to an activating group) is 1. The Morgan fingerprint density at radius 2 is 2.32 bits per heavy atom. The minimum Gasteiger partial charge on any atom is -0.338 e. The lowest BCUT2D eigenvalue weighted by Gasteiger charge is -2.13. The number of aryl methyl sites for hydroxylation is 1. The van der Waals surface area contributed by atoms with E-state index in [1.165, 1.54) is 17.7 Å². The number of thiazole rings is 1. The van der Waals surface area contributed by atoms with Crippen molar-refractivity contribution in [3.05, 3.63) is 27.8 Å². The molecule has 0 spiro atoms. The monoisotopic (exact) mass is 278 g/mol. The summed E-state index contributed by atoms with van der Waals surface area (Å²) in [4.78, 5) is 12.3. The van der Waals surface area contributed by atoms with E-state index in [2.05, 4.69) is 34.0 Å². The van der Waals surface area contributed by atoms with Crippen molar-refractivity contribution in [2.24, 2.45) is 0 Å². The molecule has 0 amide bonds. The predicted molar refractivity (Wildman–Crippen MR) is 73.2 cm³/mol. The van der Waals surface area contributed by atoms with E-state index < -0.39 is 0 Å². The van der Waals surface area contributed by atoms with Gasteiger partial charge in [0.25, 0.3) is 0 Å². The number of rotatable bonds is 6. The second-order valence-electron chi connectivity index (χ2n) is 5.17. The Bertz CT molecular complexity index is 546. The van der Waals surface area contributed by atoms with Crippen LogP contribution in [0.1, 0.15) is 41.0 Å². The third kappa shape index (κ3) is 3.19. The van der Waals surface area contributed by atoms with Gasteiger partial charge in [0.2, 0.25) is 5.89 Å². The second kappa shape index (κ2) is 5.38. The van der Waals surface area contributed by atoms with E-state index >= 15 is 0 Å². The summed E-state index contributed by atoms with van der Waals surface area (Å²) >= 11 is 1.72. The molecule has 1 saturated carbocycles. The van der Waals surface area contributed by atoms with Crippen molar-refractivity contribution in [3.63, 3.8) is 0 Å². The summed E-state index contributed by atoms with van der Waals surface area (Å²) in [7, 11) is 2.08. The van der Waals surface area contributed by atoms with Crippen molar-refractivity contribution >= 4 is 11.3 Å². The summed E-state index contributed by atoms with van der Waals surface area (Å²) in [6.07, 6.45) is 3.44. The van der Waals surface area contributed by atoms with Crippen LogP contribution >= 0.6 is 11.3 Å². The van der Waals surface area contributed by atoms with Gasteiger partial charge >= 0.3 is 0 Å². The highest BCUT2D eigenvalue weighted by Crippen LogP contribution is 2.38. The maximum Gasteiger partial charge on any atom is 0.240 e. The maximum absolute atomic E-state index is 5.28. The second-order valence-corrected chi connectivity index (χ2v) is 6.11. The Morgan fingerprint density at radius 1 is 1.47 bits per heavy atom. The summed E-state index contributed by atoms with van der Waals surface area (Å²) in [5, 5.41) is 4.03. The van der Waals surface area contributed by atoms with E-state index in [0.29, 0.717) is 5.92 Å². The van der Waals surface area contributed by atoms with E-state index in [4.69, 9.17) is 4.52 Å². The van der Waals surface area contributed by atoms with Crippen LogP contribution in [0.3, 0.4) is 0 Å². The van der Waals surface area contributed by atoms with Gasteiger partial charge in [0.05, 0.1) is 17.7 Å². The lowest BCUT2D eigenvalue weighted by Crippen LogP contribution is -2.20. The fourth-order valence-corrected chi connectivity index (χ4v) is 2.78. The number of nitrogens with zero attached hydrogens (tertiary/aromatic N) is 4. The molecule has 0 saturated heterocycles. The van der Waals surface area contributed by atoms with Crippen LogP contribution in [0, 0.1) is 6.92 Å². The molecule has 2 aromatic heterocycles. The zero-order valence-corrected chi connectivity index (χ0v) is 12.1. The topological polar surface area (TPSA) is 55.1 Å². The van der Waals surface area contributed by atoms with Gasteiger partial charge in [-0.05, 0) is 33.2 Å². The highest BCUT2D eigenvalue weighted by atomic mass is 32.1. The molecule has 19 heavy (non-hydrogen) atoms. The molecule has 1 aliphatic carbocycles. The minimum absolute atomic E-state index is 0.558. The molecule has 0 radical (unpaired) electrons. The lowest BCUT2D eigenvalue weighted by molar-refractivity contribution is 0.268. The van der Waals surface area contributed by atoms with Gasteiger partial charge in [-0.15, -0.1) is 11.3 Å².